The first-order valence-corrected chi connectivity index (χ1v) is 6.17. The number of likely N-dealkylation sites (N-methyl/N-ethyl adjacent to an activating group) is 1. The lowest BCUT2D eigenvalue weighted by Crippen LogP contribution is -2.53. The smallest absolute Gasteiger partial charge is 0.326 e. The van der Waals surface area contributed by atoms with E-state index in [1.54, 1.807) is 6.92 Å². The zero-order valence-electron chi connectivity index (χ0n) is 10.8. The summed E-state index contributed by atoms with van der Waals surface area (Å²) >= 11 is 0. The zero-order valence-corrected chi connectivity index (χ0v) is 10.8. The molecule has 1 fully saturated rings. The van der Waals surface area contributed by atoms with Gasteiger partial charge in [0.2, 0.25) is 0 Å². The molecule has 0 aromatic carbocycles. The standard InChI is InChI=1S/C12H22N2O3/c1-4-9(10(15)16)14(3)11(17)13-12(2)7-5-6-8-12/h9H,4-8H2,1-3H3,(H,13,17)(H,15,16). The van der Waals surface area contributed by atoms with Crippen molar-refractivity contribution < 1.29 is 14.7 Å². The van der Waals surface area contributed by atoms with Crippen molar-refractivity contribution in [1.82, 2.24) is 10.2 Å². The van der Waals surface area contributed by atoms with Crippen LogP contribution in [0.2, 0.25) is 0 Å². The monoisotopic (exact) mass is 242 g/mol. The van der Waals surface area contributed by atoms with Gasteiger partial charge in [-0.3, -0.25) is 0 Å². The van der Waals surface area contributed by atoms with Crippen LogP contribution in [-0.4, -0.2) is 40.6 Å². The number of carbonyl (C=O) groups excluding carboxylic acids is 1. The van der Waals surface area contributed by atoms with Crippen molar-refractivity contribution in [3.63, 3.8) is 0 Å². The maximum absolute atomic E-state index is 12.0. The summed E-state index contributed by atoms with van der Waals surface area (Å²) in [4.78, 5) is 24.2. The number of hydrogen-bond acceptors (Lipinski definition) is 2. The molecule has 1 atom stereocenters. The Morgan fingerprint density at radius 3 is 2.35 bits per heavy atom. The number of rotatable bonds is 4. The summed E-state index contributed by atoms with van der Waals surface area (Å²) in [6.45, 7) is 3.79. The van der Waals surface area contributed by atoms with Gasteiger partial charge in [-0.2, -0.15) is 0 Å². The van der Waals surface area contributed by atoms with Crippen LogP contribution in [0, 0.1) is 0 Å². The highest BCUT2D eigenvalue weighted by Crippen LogP contribution is 2.29. The van der Waals surface area contributed by atoms with Crippen LogP contribution in [0.25, 0.3) is 0 Å². The Kier molecular flexibility index (Phi) is 4.37. The Morgan fingerprint density at radius 2 is 1.94 bits per heavy atom. The van der Waals surface area contributed by atoms with Crippen molar-refractivity contribution in [3.05, 3.63) is 0 Å². The van der Waals surface area contributed by atoms with Crippen LogP contribution in [-0.2, 0) is 4.79 Å². The van der Waals surface area contributed by atoms with Crippen LogP contribution in [0.3, 0.4) is 0 Å². The summed E-state index contributed by atoms with van der Waals surface area (Å²) in [5, 5.41) is 11.9. The highest BCUT2D eigenvalue weighted by atomic mass is 16.4. The topological polar surface area (TPSA) is 69.6 Å². The van der Waals surface area contributed by atoms with Crippen molar-refractivity contribution in [2.75, 3.05) is 7.05 Å². The van der Waals surface area contributed by atoms with Crippen LogP contribution in [0.4, 0.5) is 4.79 Å². The Bertz CT molecular complexity index is 298. The van der Waals surface area contributed by atoms with Crippen molar-refractivity contribution in [2.45, 2.75) is 57.5 Å². The third-order valence-electron chi connectivity index (χ3n) is 3.58. The Balaban J connectivity index is 2.60. The molecule has 0 heterocycles. The van der Waals surface area contributed by atoms with Gasteiger partial charge >= 0.3 is 12.0 Å². The number of amides is 2. The van der Waals surface area contributed by atoms with Gasteiger partial charge in [-0.05, 0) is 26.2 Å². The van der Waals surface area contributed by atoms with Gasteiger partial charge < -0.3 is 15.3 Å². The van der Waals surface area contributed by atoms with E-state index in [4.69, 9.17) is 5.11 Å². The molecule has 17 heavy (non-hydrogen) atoms. The molecular formula is C12H22N2O3. The van der Waals surface area contributed by atoms with Gasteiger partial charge in [-0.1, -0.05) is 19.8 Å². The minimum absolute atomic E-state index is 0.165. The lowest BCUT2D eigenvalue weighted by Gasteiger charge is -2.31. The number of nitrogens with zero attached hydrogens (tertiary/aromatic N) is 1. The number of aliphatic carboxylic acids is 1. The van der Waals surface area contributed by atoms with Crippen molar-refractivity contribution in [3.8, 4) is 0 Å². The molecule has 0 bridgehead atoms. The second kappa shape index (κ2) is 5.38. The predicted molar refractivity (Wildman–Crippen MR) is 64.9 cm³/mol. The van der Waals surface area contributed by atoms with Crippen LogP contribution in [0.15, 0.2) is 0 Å². The molecule has 5 nitrogen and oxygen atoms in total. The minimum Gasteiger partial charge on any atom is -0.480 e. The average molecular weight is 242 g/mol. The molecule has 2 N–H and O–H groups in total. The summed E-state index contributed by atoms with van der Waals surface area (Å²) in [5.41, 5.74) is -0.165. The van der Waals surface area contributed by atoms with E-state index in [2.05, 4.69) is 5.32 Å². The molecule has 1 rings (SSSR count). The van der Waals surface area contributed by atoms with E-state index in [9.17, 15) is 9.59 Å². The van der Waals surface area contributed by atoms with Gasteiger partial charge in [0.25, 0.3) is 0 Å². The number of urea groups is 1. The molecule has 1 aliphatic carbocycles. The van der Waals surface area contributed by atoms with Gasteiger partial charge in [-0.25, -0.2) is 9.59 Å². The van der Waals surface area contributed by atoms with Gasteiger partial charge in [0.1, 0.15) is 6.04 Å². The number of nitrogens with one attached hydrogen (secondary N) is 1. The fraction of sp³-hybridized carbons (Fsp3) is 0.833. The van der Waals surface area contributed by atoms with Crippen LogP contribution in [0.1, 0.15) is 46.0 Å². The predicted octanol–water partition coefficient (Wildman–Crippen LogP) is 1.82. The highest BCUT2D eigenvalue weighted by Gasteiger charge is 2.33. The fourth-order valence-corrected chi connectivity index (χ4v) is 2.38. The molecule has 5 heteroatoms. The van der Waals surface area contributed by atoms with E-state index >= 15 is 0 Å². The molecule has 0 spiro atoms. The molecule has 0 saturated heterocycles. The van der Waals surface area contributed by atoms with E-state index in [0.29, 0.717) is 6.42 Å². The quantitative estimate of drug-likeness (QED) is 0.790. The normalized spacial score (nSPS) is 19.7. The number of carboxylic acids is 1. The molecule has 1 aliphatic rings. The summed E-state index contributed by atoms with van der Waals surface area (Å²) in [5.74, 6) is -0.957. The molecule has 1 unspecified atom stereocenters. The van der Waals surface area contributed by atoms with Crippen molar-refractivity contribution >= 4 is 12.0 Å². The second-order valence-corrected chi connectivity index (χ2v) is 5.07. The Morgan fingerprint density at radius 1 is 1.41 bits per heavy atom. The number of carboxylic acid groups (broad SMARTS) is 1. The van der Waals surface area contributed by atoms with E-state index in [1.165, 1.54) is 11.9 Å². The van der Waals surface area contributed by atoms with Crippen molar-refractivity contribution in [1.29, 1.82) is 0 Å². The van der Waals surface area contributed by atoms with Crippen LogP contribution < -0.4 is 5.32 Å². The van der Waals surface area contributed by atoms with Gasteiger partial charge in [0.15, 0.2) is 0 Å². The first-order chi connectivity index (χ1) is 7.89. The van der Waals surface area contributed by atoms with Gasteiger partial charge in [0, 0.05) is 12.6 Å². The highest BCUT2D eigenvalue weighted by molar-refractivity contribution is 5.82. The molecule has 0 aromatic rings. The number of hydrogen-bond donors (Lipinski definition) is 2. The third kappa shape index (κ3) is 3.35. The van der Waals surface area contributed by atoms with E-state index in [-0.39, 0.29) is 11.6 Å². The first kappa shape index (κ1) is 13.8. The minimum atomic E-state index is -0.957. The number of carbonyl (C=O) groups is 2. The fourth-order valence-electron chi connectivity index (χ4n) is 2.38. The van der Waals surface area contributed by atoms with E-state index in [1.807, 2.05) is 6.92 Å². The average Bonchev–Trinajstić information content (AvgIpc) is 2.65. The SMILES string of the molecule is CCC(C(=O)O)N(C)C(=O)NC1(C)CCCC1. The molecule has 98 valence electrons. The molecule has 1 saturated carbocycles. The molecule has 0 aromatic heterocycles. The van der Waals surface area contributed by atoms with E-state index in [0.717, 1.165) is 25.7 Å². The summed E-state index contributed by atoms with van der Waals surface area (Å²) in [7, 11) is 1.54. The molecule has 2 amide bonds. The van der Waals surface area contributed by atoms with E-state index < -0.39 is 12.0 Å². The van der Waals surface area contributed by atoms with Gasteiger partial charge in [0.05, 0.1) is 0 Å². The summed E-state index contributed by atoms with van der Waals surface area (Å²) in [6.07, 6.45) is 4.59. The van der Waals surface area contributed by atoms with Gasteiger partial charge in [-0.15, -0.1) is 0 Å². The molecule has 0 radical (unpaired) electrons. The van der Waals surface area contributed by atoms with Crippen molar-refractivity contribution in [2.24, 2.45) is 0 Å². The summed E-state index contributed by atoms with van der Waals surface area (Å²) in [6, 6.07) is -1.04. The first-order valence-electron chi connectivity index (χ1n) is 6.17. The largest absolute Gasteiger partial charge is 0.480 e. The maximum Gasteiger partial charge on any atom is 0.326 e. The lowest BCUT2D eigenvalue weighted by atomic mass is 10.0. The maximum atomic E-state index is 12.0. The lowest BCUT2D eigenvalue weighted by molar-refractivity contribution is -0.141. The second-order valence-electron chi connectivity index (χ2n) is 5.07. The third-order valence-corrected chi connectivity index (χ3v) is 3.58. The molecule has 0 aliphatic heterocycles. The Labute approximate surface area is 102 Å². The van der Waals surface area contributed by atoms with Crippen LogP contribution >= 0.6 is 0 Å². The zero-order chi connectivity index (χ0) is 13.1. The molecular weight excluding hydrogens is 220 g/mol. The summed E-state index contributed by atoms with van der Waals surface area (Å²) < 4.78 is 0. The Hall–Kier alpha value is -1.26. The van der Waals surface area contributed by atoms with Crippen LogP contribution in [0.5, 0.6) is 0 Å².